The first-order valence-corrected chi connectivity index (χ1v) is 5.99. The van der Waals surface area contributed by atoms with E-state index in [-0.39, 0.29) is 0 Å². The second kappa shape index (κ2) is 5.13. The van der Waals surface area contributed by atoms with Crippen molar-refractivity contribution in [3.8, 4) is 0 Å². The third-order valence-corrected chi connectivity index (χ3v) is 3.34. The van der Waals surface area contributed by atoms with Gasteiger partial charge in [-0.3, -0.25) is 0 Å². The van der Waals surface area contributed by atoms with Crippen LogP contribution in [0, 0.1) is 5.41 Å². The minimum atomic E-state index is 0.712. The maximum atomic E-state index is 2.45. The molecule has 0 unspecified atom stereocenters. The summed E-state index contributed by atoms with van der Waals surface area (Å²) < 4.78 is 0. The highest BCUT2D eigenvalue weighted by molar-refractivity contribution is 4.99. The van der Waals surface area contributed by atoms with E-state index in [1.807, 2.05) is 0 Å². The van der Waals surface area contributed by atoms with Gasteiger partial charge in [0, 0.05) is 25.0 Å². The van der Waals surface area contributed by atoms with Crippen molar-refractivity contribution in [2.45, 2.75) is 33.1 Å². The molecule has 0 atom stereocenters. The van der Waals surface area contributed by atoms with E-state index < -0.39 is 0 Å². The minimum Gasteiger partial charge on any atom is -0.306 e. The Bertz CT molecular complexity index is 154. The maximum Gasteiger partial charge on any atom is 0.00965 e. The Morgan fingerprint density at radius 2 is 1.43 bits per heavy atom. The first-order valence-electron chi connectivity index (χ1n) is 5.99. The van der Waals surface area contributed by atoms with Crippen molar-refractivity contribution in [2.24, 2.45) is 5.41 Å². The normalized spacial score (nSPS) is 25.7. The average Bonchev–Trinajstić information content (AvgIpc) is 2.48. The van der Waals surface area contributed by atoms with Crippen LogP contribution in [0.4, 0.5) is 0 Å². The number of hydrogen-bond donors (Lipinski definition) is 0. The lowest BCUT2D eigenvalue weighted by atomic mass is 9.80. The summed E-state index contributed by atoms with van der Waals surface area (Å²) in [6.07, 6.45) is 4.06. The molecule has 2 heterocycles. The topological polar surface area (TPSA) is 6.48 Å². The zero-order chi connectivity index (χ0) is 10.6. The van der Waals surface area contributed by atoms with Crippen LogP contribution in [0.1, 0.15) is 33.1 Å². The van der Waals surface area contributed by atoms with E-state index in [0.717, 1.165) is 0 Å². The molecular weight excluding hydrogens is 172 g/mol. The summed E-state index contributed by atoms with van der Waals surface area (Å²) in [5.74, 6) is 0. The van der Waals surface area contributed by atoms with E-state index in [2.05, 4.69) is 37.7 Å². The summed E-state index contributed by atoms with van der Waals surface area (Å²) in [6, 6.07) is 0. The molecule has 0 N–H and O–H groups in total. The molecule has 0 saturated carbocycles. The maximum absolute atomic E-state index is 2.45. The van der Waals surface area contributed by atoms with Crippen molar-refractivity contribution in [1.29, 1.82) is 0 Å². The van der Waals surface area contributed by atoms with E-state index in [0.29, 0.717) is 5.41 Å². The predicted molar refractivity (Wildman–Crippen MR) is 62.6 cm³/mol. The Balaban J connectivity index is 0.000000213. The van der Waals surface area contributed by atoms with E-state index in [9.17, 15) is 0 Å². The third kappa shape index (κ3) is 2.96. The molecule has 0 aliphatic carbocycles. The van der Waals surface area contributed by atoms with Crippen LogP contribution in [-0.4, -0.2) is 50.1 Å². The van der Waals surface area contributed by atoms with Crippen molar-refractivity contribution < 1.29 is 0 Å². The van der Waals surface area contributed by atoms with Gasteiger partial charge in [-0.1, -0.05) is 26.7 Å². The molecule has 0 aromatic heterocycles. The smallest absolute Gasteiger partial charge is 0.00965 e. The van der Waals surface area contributed by atoms with Gasteiger partial charge >= 0.3 is 0 Å². The summed E-state index contributed by atoms with van der Waals surface area (Å²) in [7, 11) is 4.44. The number of unbranched alkanes of at least 4 members (excludes halogenated alkanes) is 1. The molecule has 84 valence electrons. The van der Waals surface area contributed by atoms with Gasteiger partial charge in [0.2, 0.25) is 0 Å². The molecule has 0 bridgehead atoms. The molecule has 2 saturated heterocycles. The Labute approximate surface area is 89.3 Å². The van der Waals surface area contributed by atoms with Crippen LogP contribution in [-0.2, 0) is 0 Å². The summed E-state index contributed by atoms with van der Waals surface area (Å²) in [6.45, 7) is 9.67. The number of nitrogens with zero attached hydrogens (tertiary/aromatic N) is 2. The molecule has 2 aliphatic rings. The third-order valence-electron chi connectivity index (χ3n) is 3.34. The molecule has 2 nitrogen and oxygen atoms in total. The lowest BCUT2D eigenvalue weighted by Crippen LogP contribution is -2.55. The summed E-state index contributed by atoms with van der Waals surface area (Å²) in [5.41, 5.74) is 0.712. The van der Waals surface area contributed by atoms with Gasteiger partial charge in [-0.2, -0.15) is 0 Å². The predicted octanol–water partition coefficient (Wildman–Crippen LogP) is 2.06. The van der Waals surface area contributed by atoms with Crippen molar-refractivity contribution in [3.63, 3.8) is 0 Å². The van der Waals surface area contributed by atoms with Gasteiger partial charge in [0.15, 0.2) is 0 Å². The second-order valence-corrected chi connectivity index (χ2v) is 5.16. The summed E-state index contributed by atoms with van der Waals surface area (Å²) in [5, 5.41) is 0. The number of hydrogen-bond acceptors (Lipinski definition) is 2. The fourth-order valence-corrected chi connectivity index (χ4v) is 2.52. The Morgan fingerprint density at radius 1 is 0.929 bits per heavy atom. The molecule has 1 spiro atoms. The highest BCUT2D eigenvalue weighted by atomic mass is 15.2. The van der Waals surface area contributed by atoms with E-state index in [4.69, 9.17) is 0 Å². The Kier molecular flexibility index (Phi) is 4.39. The number of likely N-dealkylation sites (tertiary alicyclic amines) is 2. The highest BCUT2D eigenvalue weighted by Gasteiger charge is 2.44. The molecule has 2 heteroatoms. The van der Waals surface area contributed by atoms with Crippen LogP contribution in [0.5, 0.6) is 0 Å². The summed E-state index contributed by atoms with van der Waals surface area (Å²) in [4.78, 5) is 4.87. The first kappa shape index (κ1) is 12.0. The van der Waals surface area contributed by atoms with Crippen LogP contribution in [0.2, 0.25) is 0 Å². The van der Waals surface area contributed by atoms with E-state index in [1.165, 1.54) is 45.4 Å². The van der Waals surface area contributed by atoms with Crippen LogP contribution in [0.25, 0.3) is 0 Å². The van der Waals surface area contributed by atoms with Crippen molar-refractivity contribution in [1.82, 2.24) is 9.80 Å². The van der Waals surface area contributed by atoms with Crippen LogP contribution >= 0.6 is 0 Å². The van der Waals surface area contributed by atoms with Gasteiger partial charge in [0.1, 0.15) is 0 Å². The summed E-state index contributed by atoms with van der Waals surface area (Å²) >= 11 is 0. The number of rotatable bonds is 1. The first-order chi connectivity index (χ1) is 6.62. The largest absolute Gasteiger partial charge is 0.306 e. The molecule has 2 rings (SSSR count). The average molecular weight is 198 g/mol. The van der Waals surface area contributed by atoms with Gasteiger partial charge in [-0.15, -0.1) is 0 Å². The molecule has 0 aromatic carbocycles. The fourth-order valence-electron chi connectivity index (χ4n) is 2.52. The molecule has 2 fully saturated rings. The molecule has 0 aromatic rings. The lowest BCUT2D eigenvalue weighted by molar-refractivity contribution is 0.0329. The zero-order valence-electron chi connectivity index (χ0n) is 10.3. The minimum absolute atomic E-state index is 0.712. The van der Waals surface area contributed by atoms with Crippen LogP contribution in [0.3, 0.4) is 0 Å². The fraction of sp³-hybridized carbons (Fsp3) is 1.00. The van der Waals surface area contributed by atoms with Gasteiger partial charge in [-0.25, -0.2) is 0 Å². The molecule has 14 heavy (non-hydrogen) atoms. The second-order valence-electron chi connectivity index (χ2n) is 5.16. The quantitative estimate of drug-likeness (QED) is 0.636. The standard InChI is InChI=1S/C8H16N2.C4H10/c1-9-4-3-8(5-9)6-10(2)7-8;1-3-4-2/h3-7H2,1-2H3;3-4H2,1-2H3. The molecule has 0 radical (unpaired) electrons. The van der Waals surface area contributed by atoms with E-state index in [1.54, 1.807) is 0 Å². The van der Waals surface area contributed by atoms with Crippen LogP contribution < -0.4 is 0 Å². The van der Waals surface area contributed by atoms with Gasteiger partial charge in [0.25, 0.3) is 0 Å². The van der Waals surface area contributed by atoms with Gasteiger partial charge < -0.3 is 9.80 Å². The Morgan fingerprint density at radius 3 is 1.71 bits per heavy atom. The van der Waals surface area contributed by atoms with Crippen molar-refractivity contribution in [2.75, 3.05) is 40.3 Å². The lowest BCUT2D eigenvalue weighted by Gasteiger charge is -2.46. The zero-order valence-corrected chi connectivity index (χ0v) is 10.3. The molecule has 0 amide bonds. The van der Waals surface area contributed by atoms with Gasteiger partial charge in [0.05, 0.1) is 0 Å². The van der Waals surface area contributed by atoms with Gasteiger partial charge in [-0.05, 0) is 27.1 Å². The van der Waals surface area contributed by atoms with Crippen molar-refractivity contribution in [3.05, 3.63) is 0 Å². The SMILES string of the molecule is CCCC.CN1CCC2(C1)CN(C)C2. The van der Waals surface area contributed by atoms with Crippen LogP contribution in [0.15, 0.2) is 0 Å². The Hall–Kier alpha value is -0.0800. The highest BCUT2D eigenvalue weighted by Crippen LogP contribution is 2.37. The van der Waals surface area contributed by atoms with E-state index >= 15 is 0 Å². The monoisotopic (exact) mass is 198 g/mol. The molecule has 2 aliphatic heterocycles. The van der Waals surface area contributed by atoms with Crippen molar-refractivity contribution >= 4 is 0 Å². The molecular formula is C12H26N2.